The molecule has 4 heteroatoms. The Hall–Kier alpha value is -1.26. The SMILES string of the molecule is COc1ccc(N(C)CC(N)(CO)C2CC2)cc1. The maximum atomic E-state index is 9.50. The largest absolute Gasteiger partial charge is 0.497 e. The van der Waals surface area contributed by atoms with E-state index in [0.717, 1.165) is 24.3 Å². The Balaban J connectivity index is 2.03. The van der Waals surface area contributed by atoms with Crippen molar-refractivity contribution < 1.29 is 9.84 Å². The summed E-state index contributed by atoms with van der Waals surface area (Å²) in [5, 5.41) is 9.50. The number of benzene rings is 1. The average molecular weight is 250 g/mol. The van der Waals surface area contributed by atoms with Gasteiger partial charge in [-0.25, -0.2) is 0 Å². The van der Waals surface area contributed by atoms with Crippen molar-refractivity contribution >= 4 is 5.69 Å². The number of hydrogen-bond acceptors (Lipinski definition) is 4. The highest BCUT2D eigenvalue weighted by Gasteiger charge is 2.42. The van der Waals surface area contributed by atoms with Gasteiger partial charge in [-0.3, -0.25) is 0 Å². The van der Waals surface area contributed by atoms with Crippen LogP contribution in [0.15, 0.2) is 24.3 Å². The first-order valence-corrected chi connectivity index (χ1v) is 6.34. The summed E-state index contributed by atoms with van der Waals surface area (Å²) < 4.78 is 5.14. The molecule has 1 aliphatic carbocycles. The van der Waals surface area contributed by atoms with Gasteiger partial charge in [0.2, 0.25) is 0 Å². The fraction of sp³-hybridized carbons (Fsp3) is 0.571. The smallest absolute Gasteiger partial charge is 0.119 e. The molecule has 4 nitrogen and oxygen atoms in total. The Morgan fingerprint density at radius 1 is 1.39 bits per heavy atom. The number of ether oxygens (including phenoxy) is 1. The Bertz CT molecular complexity index is 389. The van der Waals surface area contributed by atoms with Crippen molar-refractivity contribution in [2.45, 2.75) is 18.4 Å². The molecule has 18 heavy (non-hydrogen) atoms. The van der Waals surface area contributed by atoms with E-state index in [9.17, 15) is 5.11 Å². The predicted molar refractivity (Wildman–Crippen MR) is 73.0 cm³/mol. The molecule has 0 saturated heterocycles. The molecule has 2 rings (SSSR count). The van der Waals surface area contributed by atoms with Crippen molar-refractivity contribution in [1.82, 2.24) is 0 Å². The van der Waals surface area contributed by atoms with E-state index in [0.29, 0.717) is 12.5 Å². The average Bonchev–Trinajstić information content (AvgIpc) is 3.23. The molecule has 1 saturated carbocycles. The van der Waals surface area contributed by atoms with Crippen LogP contribution in [-0.2, 0) is 0 Å². The molecule has 1 aromatic rings. The van der Waals surface area contributed by atoms with Gasteiger partial charge in [0.25, 0.3) is 0 Å². The minimum absolute atomic E-state index is 0.0398. The minimum atomic E-state index is -0.478. The molecule has 0 aliphatic heterocycles. The van der Waals surface area contributed by atoms with Gasteiger partial charge in [-0.15, -0.1) is 0 Å². The zero-order valence-electron chi connectivity index (χ0n) is 11.1. The summed E-state index contributed by atoms with van der Waals surface area (Å²) in [7, 11) is 3.66. The van der Waals surface area contributed by atoms with Crippen molar-refractivity contribution in [3.8, 4) is 5.75 Å². The van der Waals surface area contributed by atoms with E-state index in [-0.39, 0.29) is 6.61 Å². The summed E-state index contributed by atoms with van der Waals surface area (Å²) in [5.41, 5.74) is 6.89. The molecule has 0 aromatic heterocycles. The van der Waals surface area contributed by atoms with Crippen molar-refractivity contribution in [1.29, 1.82) is 0 Å². The summed E-state index contributed by atoms with van der Waals surface area (Å²) in [5.74, 6) is 1.30. The number of rotatable bonds is 6. The Morgan fingerprint density at radius 2 is 2.00 bits per heavy atom. The highest BCUT2D eigenvalue weighted by Crippen LogP contribution is 2.38. The molecule has 1 aliphatic rings. The zero-order valence-corrected chi connectivity index (χ0v) is 11.1. The Labute approximate surface area is 108 Å². The highest BCUT2D eigenvalue weighted by molar-refractivity contribution is 5.48. The molecule has 1 fully saturated rings. The number of likely N-dealkylation sites (N-methyl/N-ethyl adjacent to an activating group) is 1. The third kappa shape index (κ3) is 2.76. The van der Waals surface area contributed by atoms with Gasteiger partial charge in [0.1, 0.15) is 5.75 Å². The van der Waals surface area contributed by atoms with E-state index < -0.39 is 5.54 Å². The lowest BCUT2D eigenvalue weighted by molar-refractivity contribution is 0.181. The molecule has 0 spiro atoms. The third-order valence-corrected chi connectivity index (χ3v) is 3.73. The van der Waals surface area contributed by atoms with Crippen molar-refractivity contribution in [3.63, 3.8) is 0 Å². The quantitative estimate of drug-likeness (QED) is 0.797. The fourth-order valence-electron chi connectivity index (χ4n) is 2.34. The maximum Gasteiger partial charge on any atom is 0.119 e. The lowest BCUT2D eigenvalue weighted by Gasteiger charge is -2.33. The van der Waals surface area contributed by atoms with Crippen molar-refractivity contribution in [3.05, 3.63) is 24.3 Å². The first kappa shape index (κ1) is 13.2. The van der Waals surface area contributed by atoms with Crippen LogP contribution in [0.2, 0.25) is 0 Å². The van der Waals surface area contributed by atoms with E-state index in [1.807, 2.05) is 31.3 Å². The molecule has 0 bridgehead atoms. The number of methoxy groups -OCH3 is 1. The van der Waals surface area contributed by atoms with E-state index in [2.05, 4.69) is 4.90 Å². The number of aliphatic hydroxyl groups excluding tert-OH is 1. The molecule has 1 unspecified atom stereocenters. The summed E-state index contributed by atoms with van der Waals surface area (Å²) >= 11 is 0. The number of hydrogen-bond donors (Lipinski definition) is 2. The molecule has 0 amide bonds. The van der Waals surface area contributed by atoms with Crippen LogP contribution in [0.1, 0.15) is 12.8 Å². The van der Waals surface area contributed by atoms with Crippen molar-refractivity contribution in [2.75, 3.05) is 32.2 Å². The first-order chi connectivity index (χ1) is 8.59. The van der Waals surface area contributed by atoms with Gasteiger partial charge in [-0.2, -0.15) is 0 Å². The van der Waals surface area contributed by atoms with Crippen LogP contribution < -0.4 is 15.4 Å². The summed E-state index contributed by atoms with van der Waals surface area (Å²) in [4.78, 5) is 2.09. The van der Waals surface area contributed by atoms with E-state index in [1.54, 1.807) is 7.11 Å². The topological polar surface area (TPSA) is 58.7 Å². The first-order valence-electron chi connectivity index (χ1n) is 6.34. The highest BCUT2D eigenvalue weighted by atomic mass is 16.5. The number of anilines is 1. The predicted octanol–water partition coefficient (Wildman–Crippen LogP) is 1.23. The molecule has 100 valence electrons. The van der Waals surface area contributed by atoms with Crippen LogP contribution in [-0.4, -0.2) is 38.0 Å². The number of nitrogens with two attached hydrogens (primary N) is 1. The molecule has 0 radical (unpaired) electrons. The molecular formula is C14H22N2O2. The van der Waals surface area contributed by atoms with Crippen LogP contribution in [0.25, 0.3) is 0 Å². The molecule has 0 heterocycles. The van der Waals surface area contributed by atoms with Gasteiger partial charge in [0, 0.05) is 19.3 Å². The maximum absolute atomic E-state index is 9.50. The van der Waals surface area contributed by atoms with E-state index >= 15 is 0 Å². The number of aliphatic hydroxyl groups is 1. The van der Waals surface area contributed by atoms with Gasteiger partial charge in [-0.1, -0.05) is 0 Å². The lowest BCUT2D eigenvalue weighted by Crippen LogP contribution is -2.54. The Kier molecular flexibility index (Phi) is 3.78. The summed E-state index contributed by atoms with van der Waals surface area (Å²) in [6, 6.07) is 7.87. The Morgan fingerprint density at radius 3 is 2.44 bits per heavy atom. The second kappa shape index (κ2) is 5.16. The van der Waals surface area contributed by atoms with Crippen molar-refractivity contribution in [2.24, 2.45) is 11.7 Å². The van der Waals surface area contributed by atoms with E-state index in [4.69, 9.17) is 10.5 Å². The van der Waals surface area contributed by atoms with Gasteiger partial charge in [-0.05, 0) is 43.0 Å². The fourth-order valence-corrected chi connectivity index (χ4v) is 2.34. The van der Waals surface area contributed by atoms with Gasteiger partial charge in [0.05, 0.1) is 19.3 Å². The molecular weight excluding hydrogens is 228 g/mol. The third-order valence-electron chi connectivity index (χ3n) is 3.73. The van der Waals surface area contributed by atoms with Gasteiger partial charge in [0.15, 0.2) is 0 Å². The van der Waals surface area contributed by atoms with Crippen LogP contribution in [0, 0.1) is 5.92 Å². The summed E-state index contributed by atoms with van der Waals surface area (Å²) in [6.45, 7) is 0.707. The van der Waals surface area contributed by atoms with Crippen LogP contribution in [0.3, 0.4) is 0 Å². The minimum Gasteiger partial charge on any atom is -0.497 e. The van der Waals surface area contributed by atoms with Crippen LogP contribution in [0.4, 0.5) is 5.69 Å². The van der Waals surface area contributed by atoms with Gasteiger partial charge < -0.3 is 20.5 Å². The second-order valence-electron chi connectivity index (χ2n) is 5.22. The molecule has 1 aromatic carbocycles. The monoisotopic (exact) mass is 250 g/mol. The van der Waals surface area contributed by atoms with Crippen LogP contribution in [0.5, 0.6) is 5.75 Å². The summed E-state index contributed by atoms with van der Waals surface area (Å²) in [6.07, 6.45) is 2.26. The number of nitrogens with zero attached hydrogens (tertiary/aromatic N) is 1. The lowest BCUT2D eigenvalue weighted by atomic mass is 9.95. The molecule has 1 atom stereocenters. The second-order valence-corrected chi connectivity index (χ2v) is 5.22. The van der Waals surface area contributed by atoms with Crippen LogP contribution >= 0.6 is 0 Å². The standard InChI is InChI=1S/C14H22N2O2/c1-16(9-14(15,10-17)11-3-4-11)12-5-7-13(18-2)8-6-12/h5-8,11,17H,3-4,9-10,15H2,1-2H3. The normalized spacial score (nSPS) is 18.2. The zero-order chi connectivity index (χ0) is 13.2. The molecule has 3 N–H and O–H groups in total. The van der Waals surface area contributed by atoms with E-state index in [1.165, 1.54) is 0 Å². The van der Waals surface area contributed by atoms with Gasteiger partial charge >= 0.3 is 0 Å².